The van der Waals surface area contributed by atoms with Crippen molar-refractivity contribution in [1.82, 2.24) is 5.16 Å². The minimum absolute atomic E-state index is 0.138. The second kappa shape index (κ2) is 4.59. The molecule has 0 bridgehead atoms. The molecule has 0 aliphatic rings. The average Bonchev–Trinajstić information content (AvgIpc) is 2.76. The van der Waals surface area contributed by atoms with Crippen molar-refractivity contribution < 1.29 is 14.4 Å². The standard InChI is InChI=1S/C13H15NO3/c1-8-4-10(16-3)5-9(2)13(8)12-6-11(7-15)17-14-12/h4-6,15H,7H2,1-3H3. The molecule has 0 radical (unpaired) electrons. The highest BCUT2D eigenvalue weighted by Crippen LogP contribution is 2.30. The van der Waals surface area contributed by atoms with Gasteiger partial charge in [-0.25, -0.2) is 0 Å². The summed E-state index contributed by atoms with van der Waals surface area (Å²) in [6.45, 7) is 3.86. The summed E-state index contributed by atoms with van der Waals surface area (Å²) < 4.78 is 10.2. The Balaban J connectivity index is 2.51. The Morgan fingerprint density at radius 1 is 1.24 bits per heavy atom. The number of methoxy groups -OCH3 is 1. The molecule has 0 atom stereocenters. The van der Waals surface area contributed by atoms with Crippen molar-refractivity contribution in [2.45, 2.75) is 20.5 Å². The Labute approximate surface area is 99.8 Å². The van der Waals surface area contributed by atoms with Gasteiger partial charge < -0.3 is 14.4 Å². The van der Waals surface area contributed by atoms with Crippen LogP contribution < -0.4 is 4.74 Å². The molecule has 4 heteroatoms. The van der Waals surface area contributed by atoms with Gasteiger partial charge in [0.15, 0.2) is 5.76 Å². The topological polar surface area (TPSA) is 55.5 Å². The molecule has 17 heavy (non-hydrogen) atoms. The summed E-state index contributed by atoms with van der Waals surface area (Å²) in [6, 6.07) is 5.66. The van der Waals surface area contributed by atoms with Gasteiger partial charge in [0, 0.05) is 11.6 Å². The molecule has 0 aliphatic carbocycles. The lowest BCUT2D eigenvalue weighted by Gasteiger charge is -2.09. The Bertz CT molecular complexity index is 508. The van der Waals surface area contributed by atoms with Gasteiger partial charge in [0.25, 0.3) is 0 Å². The number of hydrogen-bond acceptors (Lipinski definition) is 4. The van der Waals surface area contributed by atoms with Crippen LogP contribution >= 0.6 is 0 Å². The Morgan fingerprint density at radius 2 is 1.88 bits per heavy atom. The first-order valence-corrected chi connectivity index (χ1v) is 5.37. The van der Waals surface area contributed by atoms with Crippen molar-refractivity contribution in [2.24, 2.45) is 0 Å². The summed E-state index contributed by atoms with van der Waals surface area (Å²) in [5.41, 5.74) is 3.90. The minimum atomic E-state index is -0.138. The lowest BCUT2D eigenvalue weighted by atomic mass is 9.99. The van der Waals surface area contributed by atoms with Gasteiger partial charge in [-0.1, -0.05) is 5.16 Å². The quantitative estimate of drug-likeness (QED) is 0.884. The fourth-order valence-corrected chi connectivity index (χ4v) is 1.95. The molecule has 0 saturated heterocycles. The van der Waals surface area contributed by atoms with Gasteiger partial charge in [-0.2, -0.15) is 0 Å². The molecule has 0 spiro atoms. The van der Waals surface area contributed by atoms with Crippen LogP contribution in [0.15, 0.2) is 22.7 Å². The molecule has 1 N–H and O–H groups in total. The molecule has 0 unspecified atom stereocenters. The molecular formula is C13H15NO3. The predicted octanol–water partition coefficient (Wildman–Crippen LogP) is 2.46. The summed E-state index contributed by atoms with van der Waals surface area (Å²) in [5, 5.41) is 12.9. The summed E-state index contributed by atoms with van der Waals surface area (Å²) in [4.78, 5) is 0. The molecule has 0 aliphatic heterocycles. The highest BCUT2D eigenvalue weighted by Gasteiger charge is 2.12. The second-order valence-electron chi connectivity index (χ2n) is 3.97. The third-order valence-corrected chi connectivity index (χ3v) is 2.71. The zero-order valence-electron chi connectivity index (χ0n) is 10.2. The van der Waals surface area contributed by atoms with Crippen LogP contribution in [0.1, 0.15) is 16.9 Å². The van der Waals surface area contributed by atoms with E-state index in [0.29, 0.717) is 5.76 Å². The number of aliphatic hydroxyl groups is 1. The van der Waals surface area contributed by atoms with Crippen LogP contribution in [0.2, 0.25) is 0 Å². The molecule has 0 amide bonds. The van der Waals surface area contributed by atoms with E-state index >= 15 is 0 Å². The van der Waals surface area contributed by atoms with Gasteiger partial charge in [-0.15, -0.1) is 0 Å². The SMILES string of the molecule is COc1cc(C)c(-c2cc(CO)on2)c(C)c1. The Hall–Kier alpha value is -1.81. The number of ether oxygens (including phenoxy) is 1. The van der Waals surface area contributed by atoms with Crippen LogP contribution in [0.25, 0.3) is 11.3 Å². The van der Waals surface area contributed by atoms with Gasteiger partial charge in [-0.3, -0.25) is 0 Å². The number of aromatic nitrogens is 1. The molecule has 90 valence electrons. The number of aryl methyl sites for hydroxylation is 2. The molecule has 1 aromatic carbocycles. The van der Waals surface area contributed by atoms with Gasteiger partial charge >= 0.3 is 0 Å². The van der Waals surface area contributed by atoms with E-state index in [1.807, 2.05) is 26.0 Å². The number of rotatable bonds is 3. The van der Waals surface area contributed by atoms with Crippen LogP contribution in [0.3, 0.4) is 0 Å². The van der Waals surface area contributed by atoms with E-state index in [9.17, 15) is 0 Å². The van der Waals surface area contributed by atoms with Crippen molar-refractivity contribution in [3.63, 3.8) is 0 Å². The molecule has 0 fully saturated rings. The van der Waals surface area contributed by atoms with Crippen molar-refractivity contribution in [3.8, 4) is 17.0 Å². The monoisotopic (exact) mass is 233 g/mol. The molecule has 2 aromatic rings. The fraction of sp³-hybridized carbons (Fsp3) is 0.308. The first kappa shape index (κ1) is 11.7. The number of aliphatic hydroxyl groups excluding tert-OH is 1. The highest BCUT2D eigenvalue weighted by molar-refractivity contribution is 5.68. The molecule has 0 saturated carbocycles. The van der Waals surface area contributed by atoms with E-state index < -0.39 is 0 Å². The van der Waals surface area contributed by atoms with Crippen LogP contribution in [0.4, 0.5) is 0 Å². The zero-order chi connectivity index (χ0) is 12.4. The zero-order valence-corrected chi connectivity index (χ0v) is 10.2. The lowest BCUT2D eigenvalue weighted by Crippen LogP contribution is -1.91. The third kappa shape index (κ3) is 2.17. The second-order valence-corrected chi connectivity index (χ2v) is 3.97. The Morgan fingerprint density at radius 3 is 2.35 bits per heavy atom. The number of hydrogen-bond donors (Lipinski definition) is 1. The third-order valence-electron chi connectivity index (χ3n) is 2.71. The first-order valence-electron chi connectivity index (χ1n) is 5.37. The summed E-state index contributed by atoms with van der Waals surface area (Å²) in [6.07, 6.45) is 0. The van der Waals surface area contributed by atoms with Crippen LogP contribution in [-0.2, 0) is 6.61 Å². The van der Waals surface area contributed by atoms with Crippen molar-refractivity contribution in [2.75, 3.05) is 7.11 Å². The van der Waals surface area contributed by atoms with Crippen LogP contribution in [0.5, 0.6) is 5.75 Å². The van der Waals surface area contributed by atoms with E-state index in [1.165, 1.54) is 0 Å². The maximum Gasteiger partial charge on any atom is 0.162 e. The van der Waals surface area contributed by atoms with Gasteiger partial charge in [0.05, 0.1) is 7.11 Å². The summed E-state index contributed by atoms with van der Waals surface area (Å²) in [7, 11) is 1.65. The molecule has 2 rings (SSSR count). The predicted molar refractivity (Wildman–Crippen MR) is 63.9 cm³/mol. The summed E-state index contributed by atoms with van der Waals surface area (Å²) >= 11 is 0. The van der Waals surface area contributed by atoms with Crippen molar-refractivity contribution in [1.29, 1.82) is 0 Å². The lowest BCUT2D eigenvalue weighted by molar-refractivity contribution is 0.229. The van der Waals surface area contributed by atoms with E-state index in [2.05, 4.69) is 5.16 Å². The smallest absolute Gasteiger partial charge is 0.162 e. The van der Waals surface area contributed by atoms with Crippen molar-refractivity contribution >= 4 is 0 Å². The largest absolute Gasteiger partial charge is 0.497 e. The molecule has 4 nitrogen and oxygen atoms in total. The summed E-state index contributed by atoms with van der Waals surface area (Å²) in [5.74, 6) is 1.30. The van der Waals surface area contributed by atoms with Crippen LogP contribution in [-0.4, -0.2) is 17.4 Å². The molecule has 1 aromatic heterocycles. The number of nitrogens with zero attached hydrogens (tertiary/aromatic N) is 1. The van der Waals surface area contributed by atoms with E-state index in [1.54, 1.807) is 13.2 Å². The molecular weight excluding hydrogens is 218 g/mol. The highest BCUT2D eigenvalue weighted by atomic mass is 16.5. The fourth-order valence-electron chi connectivity index (χ4n) is 1.95. The van der Waals surface area contributed by atoms with E-state index in [0.717, 1.165) is 28.1 Å². The molecule has 1 heterocycles. The first-order chi connectivity index (χ1) is 8.15. The minimum Gasteiger partial charge on any atom is -0.497 e. The normalized spacial score (nSPS) is 10.6. The van der Waals surface area contributed by atoms with Crippen molar-refractivity contribution in [3.05, 3.63) is 35.1 Å². The Kier molecular flexibility index (Phi) is 3.15. The van der Waals surface area contributed by atoms with Crippen LogP contribution in [0, 0.1) is 13.8 Å². The maximum absolute atomic E-state index is 8.96. The van der Waals surface area contributed by atoms with E-state index in [4.69, 9.17) is 14.4 Å². The van der Waals surface area contributed by atoms with Gasteiger partial charge in [-0.05, 0) is 37.1 Å². The van der Waals surface area contributed by atoms with Gasteiger partial charge in [0.2, 0.25) is 0 Å². The van der Waals surface area contributed by atoms with Gasteiger partial charge in [0.1, 0.15) is 18.1 Å². The average molecular weight is 233 g/mol. The number of benzene rings is 1. The maximum atomic E-state index is 8.96. The van der Waals surface area contributed by atoms with E-state index in [-0.39, 0.29) is 6.61 Å².